The maximum absolute atomic E-state index is 12.4. The van der Waals surface area contributed by atoms with Gasteiger partial charge in [-0.05, 0) is 62.8 Å². The first-order chi connectivity index (χ1) is 13.1. The lowest BCUT2D eigenvalue weighted by Crippen LogP contribution is -2.31. The molecule has 0 bridgehead atoms. The molecule has 148 valence electrons. The SMILES string of the molecule is CCCCCC[C@]1(C#N)CC[C@H](OC(=O)c2ccc(OCCC)cc2)CC1. The van der Waals surface area contributed by atoms with Crippen molar-refractivity contribution < 1.29 is 14.3 Å². The molecule has 4 nitrogen and oxygen atoms in total. The fraction of sp³-hybridized carbons (Fsp3) is 0.652. The van der Waals surface area contributed by atoms with Crippen LogP contribution in [0.15, 0.2) is 24.3 Å². The molecule has 0 saturated heterocycles. The molecule has 1 aromatic rings. The number of carbonyl (C=O) groups excluding carboxylic acids is 1. The molecule has 1 saturated carbocycles. The van der Waals surface area contributed by atoms with E-state index in [1.165, 1.54) is 19.3 Å². The fourth-order valence-electron chi connectivity index (χ4n) is 3.70. The minimum atomic E-state index is -0.283. The Balaban J connectivity index is 1.80. The maximum atomic E-state index is 12.4. The summed E-state index contributed by atoms with van der Waals surface area (Å²) < 4.78 is 11.2. The molecule has 0 spiro atoms. The normalized spacial score (nSPS) is 22.0. The molecule has 0 amide bonds. The number of nitriles is 1. The number of carbonyl (C=O) groups is 1. The van der Waals surface area contributed by atoms with Crippen molar-refractivity contribution in [3.63, 3.8) is 0 Å². The number of benzene rings is 1. The zero-order valence-electron chi connectivity index (χ0n) is 16.8. The summed E-state index contributed by atoms with van der Waals surface area (Å²) in [6, 6.07) is 9.69. The molecule has 1 aliphatic carbocycles. The average molecular weight is 372 g/mol. The minimum absolute atomic E-state index is 0.0781. The molecule has 0 unspecified atom stereocenters. The molecule has 1 fully saturated rings. The van der Waals surface area contributed by atoms with Crippen LogP contribution in [0.5, 0.6) is 5.75 Å². The largest absolute Gasteiger partial charge is 0.494 e. The van der Waals surface area contributed by atoms with E-state index >= 15 is 0 Å². The molecular formula is C23H33NO3. The van der Waals surface area contributed by atoms with Gasteiger partial charge in [-0.1, -0.05) is 39.5 Å². The standard InChI is InChI=1S/C23H33NO3/c1-3-5-6-7-14-23(18-24)15-12-21(13-16-23)27-22(25)19-8-10-20(11-9-19)26-17-4-2/h8-11,21H,3-7,12-17H2,1-2H3/t21-,23-. The molecule has 2 rings (SSSR count). The van der Waals surface area contributed by atoms with Crippen LogP contribution >= 0.6 is 0 Å². The Bertz CT molecular complexity index is 610. The van der Waals surface area contributed by atoms with Gasteiger partial charge in [0.15, 0.2) is 0 Å². The van der Waals surface area contributed by atoms with E-state index < -0.39 is 0 Å². The van der Waals surface area contributed by atoms with Gasteiger partial charge < -0.3 is 9.47 Å². The first-order valence-corrected chi connectivity index (χ1v) is 10.5. The molecule has 0 aromatic heterocycles. The first kappa shape index (κ1) is 21.3. The van der Waals surface area contributed by atoms with Gasteiger partial charge in [-0.25, -0.2) is 4.79 Å². The minimum Gasteiger partial charge on any atom is -0.494 e. The molecule has 0 atom stereocenters. The lowest BCUT2D eigenvalue weighted by Gasteiger charge is -2.34. The molecule has 1 aromatic carbocycles. The van der Waals surface area contributed by atoms with Crippen molar-refractivity contribution in [1.82, 2.24) is 0 Å². The Morgan fingerprint density at radius 1 is 1.11 bits per heavy atom. The highest BCUT2D eigenvalue weighted by Crippen LogP contribution is 2.41. The van der Waals surface area contributed by atoms with E-state index in [4.69, 9.17) is 9.47 Å². The van der Waals surface area contributed by atoms with Crippen LogP contribution in [0.25, 0.3) is 0 Å². The van der Waals surface area contributed by atoms with Gasteiger partial charge in [-0.2, -0.15) is 5.26 Å². The van der Waals surface area contributed by atoms with Crippen molar-refractivity contribution in [3.05, 3.63) is 29.8 Å². The topological polar surface area (TPSA) is 59.3 Å². The van der Waals surface area contributed by atoms with E-state index in [1.807, 2.05) is 12.1 Å². The number of nitrogens with zero attached hydrogens (tertiary/aromatic N) is 1. The summed E-state index contributed by atoms with van der Waals surface area (Å²) >= 11 is 0. The molecule has 0 aliphatic heterocycles. The van der Waals surface area contributed by atoms with Crippen molar-refractivity contribution in [3.8, 4) is 11.8 Å². The van der Waals surface area contributed by atoms with Gasteiger partial charge in [0, 0.05) is 0 Å². The molecule has 27 heavy (non-hydrogen) atoms. The molecule has 4 heteroatoms. The van der Waals surface area contributed by atoms with Crippen LogP contribution in [0.2, 0.25) is 0 Å². The highest BCUT2D eigenvalue weighted by Gasteiger charge is 2.36. The van der Waals surface area contributed by atoms with E-state index in [0.717, 1.165) is 50.7 Å². The second-order valence-electron chi connectivity index (χ2n) is 7.68. The Labute approximate surface area is 163 Å². The summed E-state index contributed by atoms with van der Waals surface area (Å²) in [5.41, 5.74) is 0.338. The lowest BCUT2D eigenvalue weighted by atomic mass is 9.71. The van der Waals surface area contributed by atoms with E-state index in [0.29, 0.717) is 12.2 Å². The third-order valence-corrected chi connectivity index (χ3v) is 5.47. The van der Waals surface area contributed by atoms with Crippen molar-refractivity contribution in [2.24, 2.45) is 5.41 Å². The Kier molecular flexibility index (Phi) is 8.64. The zero-order valence-corrected chi connectivity index (χ0v) is 16.8. The van der Waals surface area contributed by atoms with Crippen molar-refractivity contribution in [2.45, 2.75) is 84.2 Å². The van der Waals surface area contributed by atoms with E-state index in [2.05, 4.69) is 19.9 Å². The smallest absolute Gasteiger partial charge is 0.338 e. The quantitative estimate of drug-likeness (QED) is 0.371. The summed E-state index contributed by atoms with van der Waals surface area (Å²) in [5.74, 6) is 0.488. The van der Waals surface area contributed by atoms with Crippen LogP contribution in [0.3, 0.4) is 0 Å². The van der Waals surface area contributed by atoms with Crippen LogP contribution < -0.4 is 4.74 Å². The summed E-state index contributed by atoms with van der Waals surface area (Å²) in [5, 5.41) is 9.66. The molecule has 0 radical (unpaired) electrons. The number of ether oxygens (including phenoxy) is 2. The predicted octanol–water partition coefficient (Wildman–Crippen LogP) is 6.06. The second-order valence-corrected chi connectivity index (χ2v) is 7.68. The number of hydrogen-bond donors (Lipinski definition) is 0. The van der Waals surface area contributed by atoms with Crippen molar-refractivity contribution >= 4 is 5.97 Å². The summed E-state index contributed by atoms with van der Waals surface area (Å²) in [4.78, 5) is 12.4. The highest BCUT2D eigenvalue weighted by molar-refractivity contribution is 5.89. The van der Waals surface area contributed by atoms with Crippen LogP contribution in [-0.2, 0) is 4.74 Å². The van der Waals surface area contributed by atoms with Crippen LogP contribution in [0.1, 0.15) is 88.4 Å². The number of esters is 1. The van der Waals surface area contributed by atoms with Gasteiger partial charge in [-0.15, -0.1) is 0 Å². The van der Waals surface area contributed by atoms with Crippen molar-refractivity contribution in [2.75, 3.05) is 6.61 Å². The molecule has 0 heterocycles. The monoisotopic (exact) mass is 371 g/mol. The number of rotatable bonds is 10. The molecule has 1 aliphatic rings. The average Bonchev–Trinajstić information content (AvgIpc) is 2.71. The summed E-state index contributed by atoms with van der Waals surface area (Å²) in [7, 11) is 0. The van der Waals surface area contributed by atoms with Crippen molar-refractivity contribution in [1.29, 1.82) is 5.26 Å². The molecule has 0 N–H and O–H groups in total. The Morgan fingerprint density at radius 2 is 1.81 bits per heavy atom. The van der Waals surface area contributed by atoms with Gasteiger partial charge >= 0.3 is 5.97 Å². The van der Waals surface area contributed by atoms with Crippen LogP contribution in [0.4, 0.5) is 0 Å². The van der Waals surface area contributed by atoms with Gasteiger partial charge in [0.25, 0.3) is 0 Å². The maximum Gasteiger partial charge on any atom is 0.338 e. The third kappa shape index (κ3) is 6.57. The van der Waals surface area contributed by atoms with Gasteiger partial charge in [0.1, 0.15) is 11.9 Å². The fourth-order valence-corrected chi connectivity index (χ4v) is 3.70. The predicted molar refractivity (Wildman–Crippen MR) is 107 cm³/mol. The van der Waals surface area contributed by atoms with Gasteiger partial charge in [0.05, 0.1) is 23.7 Å². The lowest BCUT2D eigenvalue weighted by molar-refractivity contribution is 0.0105. The summed E-state index contributed by atoms with van der Waals surface area (Å²) in [6.45, 7) is 4.93. The van der Waals surface area contributed by atoms with Crippen LogP contribution in [-0.4, -0.2) is 18.7 Å². The number of unbranched alkanes of at least 4 members (excludes halogenated alkanes) is 3. The number of hydrogen-bond acceptors (Lipinski definition) is 4. The Hall–Kier alpha value is -2.02. The van der Waals surface area contributed by atoms with E-state index in [-0.39, 0.29) is 17.5 Å². The van der Waals surface area contributed by atoms with Crippen LogP contribution in [0, 0.1) is 16.7 Å². The zero-order chi connectivity index (χ0) is 19.5. The summed E-state index contributed by atoms with van der Waals surface area (Å²) in [6.07, 6.45) is 9.86. The first-order valence-electron chi connectivity index (χ1n) is 10.5. The second kappa shape index (κ2) is 11.0. The Morgan fingerprint density at radius 3 is 2.41 bits per heavy atom. The van der Waals surface area contributed by atoms with Gasteiger partial charge in [-0.3, -0.25) is 0 Å². The van der Waals surface area contributed by atoms with E-state index in [1.54, 1.807) is 12.1 Å². The highest BCUT2D eigenvalue weighted by atomic mass is 16.5. The third-order valence-electron chi connectivity index (χ3n) is 5.47. The van der Waals surface area contributed by atoms with E-state index in [9.17, 15) is 10.1 Å². The van der Waals surface area contributed by atoms with Gasteiger partial charge in [0.2, 0.25) is 0 Å². The molecular weight excluding hydrogens is 338 g/mol.